The highest BCUT2D eigenvalue weighted by molar-refractivity contribution is 6.30. The van der Waals surface area contributed by atoms with Gasteiger partial charge in [0.1, 0.15) is 0 Å². The van der Waals surface area contributed by atoms with Gasteiger partial charge in [-0.2, -0.15) is 5.10 Å². The predicted molar refractivity (Wildman–Crippen MR) is 104 cm³/mol. The minimum Gasteiger partial charge on any atom is -0.369 e. The van der Waals surface area contributed by atoms with Gasteiger partial charge in [-0.15, -0.1) is 0 Å². The highest BCUT2D eigenvalue weighted by atomic mass is 35.5. The fourth-order valence-electron chi connectivity index (χ4n) is 3.27. The molecule has 1 saturated heterocycles. The van der Waals surface area contributed by atoms with Gasteiger partial charge < -0.3 is 10.6 Å². The van der Waals surface area contributed by atoms with Crippen molar-refractivity contribution in [1.29, 1.82) is 0 Å². The van der Waals surface area contributed by atoms with Crippen molar-refractivity contribution in [3.8, 4) is 16.9 Å². The largest absolute Gasteiger partial charge is 0.369 e. The third-order valence-corrected chi connectivity index (χ3v) is 4.94. The number of carbonyl (C=O) groups excluding carboxylic acids is 1. The molecule has 8 heteroatoms. The molecule has 1 aliphatic heterocycles. The first-order valence-electron chi connectivity index (χ1n) is 8.78. The second-order valence-electron chi connectivity index (χ2n) is 6.58. The zero-order valence-electron chi connectivity index (χ0n) is 14.6. The van der Waals surface area contributed by atoms with E-state index in [1.165, 1.54) is 0 Å². The van der Waals surface area contributed by atoms with Crippen LogP contribution < -0.4 is 10.6 Å². The molecule has 2 N–H and O–H groups in total. The summed E-state index contributed by atoms with van der Waals surface area (Å²) in [5, 5.41) is 5.06. The first kappa shape index (κ1) is 17.5. The molecule has 1 fully saturated rings. The van der Waals surface area contributed by atoms with Crippen LogP contribution in [-0.4, -0.2) is 38.7 Å². The summed E-state index contributed by atoms with van der Waals surface area (Å²) in [5.41, 5.74) is 8.00. The lowest BCUT2D eigenvalue weighted by Crippen LogP contribution is -2.41. The summed E-state index contributed by atoms with van der Waals surface area (Å²) >= 11 is 6.06. The SMILES string of the molecule is NC(=O)C1CCCN(c2nccc(-c3cnn(-c4cccc(Cl)c4)c3)n2)C1. The number of anilines is 1. The number of nitrogens with two attached hydrogens (primary N) is 1. The molecule has 1 unspecified atom stereocenters. The molecule has 0 saturated carbocycles. The molecule has 0 spiro atoms. The van der Waals surface area contributed by atoms with Crippen LogP contribution >= 0.6 is 11.6 Å². The maximum atomic E-state index is 11.5. The molecule has 1 atom stereocenters. The van der Waals surface area contributed by atoms with Crippen molar-refractivity contribution in [3.05, 3.63) is 53.9 Å². The van der Waals surface area contributed by atoms with Gasteiger partial charge in [0.15, 0.2) is 0 Å². The fourth-order valence-corrected chi connectivity index (χ4v) is 3.45. The van der Waals surface area contributed by atoms with Crippen molar-refractivity contribution in [2.24, 2.45) is 11.7 Å². The smallest absolute Gasteiger partial charge is 0.225 e. The molecule has 1 amide bonds. The summed E-state index contributed by atoms with van der Waals surface area (Å²) in [6.07, 6.45) is 7.10. The van der Waals surface area contributed by atoms with E-state index in [9.17, 15) is 4.79 Å². The Morgan fingerprint density at radius 2 is 2.19 bits per heavy atom. The molecule has 0 aliphatic carbocycles. The Morgan fingerprint density at radius 1 is 1.30 bits per heavy atom. The molecule has 3 heterocycles. The van der Waals surface area contributed by atoms with Crippen LogP contribution in [-0.2, 0) is 4.79 Å². The zero-order valence-corrected chi connectivity index (χ0v) is 15.4. The average molecular weight is 383 g/mol. The van der Waals surface area contributed by atoms with Crippen LogP contribution in [0.25, 0.3) is 16.9 Å². The first-order chi connectivity index (χ1) is 13.1. The van der Waals surface area contributed by atoms with E-state index in [4.69, 9.17) is 17.3 Å². The standard InChI is InChI=1S/C19H19ClN6O/c20-15-4-1-5-16(9-15)26-12-14(10-23-26)17-6-7-22-19(24-17)25-8-2-3-13(11-25)18(21)27/h1,4-7,9-10,12-13H,2-3,8,11H2,(H2,21,27). The predicted octanol–water partition coefficient (Wildman–Crippen LogP) is 2.68. The highest BCUT2D eigenvalue weighted by Gasteiger charge is 2.25. The van der Waals surface area contributed by atoms with Crippen molar-refractivity contribution >= 4 is 23.5 Å². The van der Waals surface area contributed by atoms with Gasteiger partial charge >= 0.3 is 0 Å². The number of piperidine rings is 1. The Balaban J connectivity index is 1.59. The van der Waals surface area contributed by atoms with Gasteiger partial charge in [0.2, 0.25) is 11.9 Å². The summed E-state index contributed by atoms with van der Waals surface area (Å²) in [6.45, 7) is 1.37. The summed E-state index contributed by atoms with van der Waals surface area (Å²) in [6, 6.07) is 9.34. The van der Waals surface area contributed by atoms with Crippen molar-refractivity contribution in [1.82, 2.24) is 19.7 Å². The second-order valence-corrected chi connectivity index (χ2v) is 7.02. The average Bonchev–Trinajstić information content (AvgIpc) is 3.18. The van der Waals surface area contributed by atoms with Gasteiger partial charge in [-0.3, -0.25) is 4.79 Å². The molecule has 1 aliphatic rings. The fraction of sp³-hybridized carbons (Fsp3) is 0.263. The number of benzene rings is 1. The number of amides is 1. The number of rotatable bonds is 4. The quantitative estimate of drug-likeness (QED) is 0.749. The molecule has 3 aromatic rings. The lowest BCUT2D eigenvalue weighted by Gasteiger charge is -2.31. The maximum absolute atomic E-state index is 11.5. The normalized spacial score (nSPS) is 17.1. The third kappa shape index (κ3) is 3.78. The minimum absolute atomic E-state index is 0.156. The van der Waals surface area contributed by atoms with E-state index in [0.29, 0.717) is 17.5 Å². The summed E-state index contributed by atoms with van der Waals surface area (Å²) < 4.78 is 1.76. The van der Waals surface area contributed by atoms with Crippen molar-refractivity contribution in [2.45, 2.75) is 12.8 Å². The minimum atomic E-state index is -0.265. The molecule has 138 valence electrons. The van der Waals surface area contributed by atoms with Crippen LogP contribution in [0.15, 0.2) is 48.9 Å². The molecule has 1 aromatic carbocycles. The number of primary amides is 1. The number of hydrogen-bond acceptors (Lipinski definition) is 5. The van der Waals surface area contributed by atoms with Crippen LogP contribution in [0, 0.1) is 5.92 Å². The number of nitrogens with zero attached hydrogens (tertiary/aromatic N) is 5. The number of carbonyl (C=O) groups is 1. The Morgan fingerprint density at radius 3 is 3.00 bits per heavy atom. The molecule has 27 heavy (non-hydrogen) atoms. The van der Waals surface area contributed by atoms with Crippen LogP contribution in [0.4, 0.5) is 5.95 Å². The monoisotopic (exact) mass is 382 g/mol. The highest BCUT2D eigenvalue weighted by Crippen LogP contribution is 2.24. The van der Waals surface area contributed by atoms with Crippen molar-refractivity contribution in [3.63, 3.8) is 0 Å². The Hall–Kier alpha value is -2.93. The van der Waals surface area contributed by atoms with Crippen LogP contribution in [0.5, 0.6) is 0 Å². The number of hydrogen-bond donors (Lipinski definition) is 1. The Labute approximate surface area is 161 Å². The van der Waals surface area contributed by atoms with Gasteiger partial charge in [0.05, 0.1) is 23.5 Å². The van der Waals surface area contributed by atoms with E-state index in [0.717, 1.165) is 36.3 Å². The van der Waals surface area contributed by atoms with Gasteiger partial charge in [-0.25, -0.2) is 14.6 Å². The molecular formula is C19H19ClN6O. The van der Waals surface area contributed by atoms with E-state index in [-0.39, 0.29) is 11.8 Å². The number of aromatic nitrogens is 4. The van der Waals surface area contributed by atoms with E-state index < -0.39 is 0 Å². The van der Waals surface area contributed by atoms with Crippen molar-refractivity contribution < 1.29 is 4.79 Å². The first-order valence-corrected chi connectivity index (χ1v) is 9.16. The lowest BCUT2D eigenvalue weighted by molar-refractivity contribution is -0.122. The maximum Gasteiger partial charge on any atom is 0.225 e. The van der Waals surface area contributed by atoms with Gasteiger partial charge in [-0.1, -0.05) is 17.7 Å². The van der Waals surface area contributed by atoms with E-state index in [1.807, 2.05) is 41.4 Å². The summed E-state index contributed by atoms with van der Waals surface area (Å²) in [7, 11) is 0. The molecule has 2 aromatic heterocycles. The third-order valence-electron chi connectivity index (χ3n) is 4.70. The molecular weight excluding hydrogens is 364 g/mol. The second kappa shape index (κ2) is 7.36. The van der Waals surface area contributed by atoms with Crippen LogP contribution in [0.2, 0.25) is 5.02 Å². The lowest BCUT2D eigenvalue weighted by atomic mass is 9.98. The van der Waals surface area contributed by atoms with Crippen LogP contribution in [0.3, 0.4) is 0 Å². The zero-order chi connectivity index (χ0) is 18.8. The van der Waals surface area contributed by atoms with Gasteiger partial charge in [0, 0.05) is 36.1 Å². The summed E-state index contributed by atoms with van der Waals surface area (Å²) in [4.78, 5) is 22.6. The van der Waals surface area contributed by atoms with Gasteiger partial charge in [-0.05, 0) is 37.1 Å². The Bertz CT molecular complexity index is 972. The molecule has 0 radical (unpaired) electrons. The van der Waals surface area contributed by atoms with Crippen molar-refractivity contribution in [2.75, 3.05) is 18.0 Å². The Kier molecular flexibility index (Phi) is 4.77. The van der Waals surface area contributed by atoms with E-state index >= 15 is 0 Å². The topological polar surface area (TPSA) is 89.9 Å². The van der Waals surface area contributed by atoms with E-state index in [1.54, 1.807) is 17.1 Å². The van der Waals surface area contributed by atoms with E-state index in [2.05, 4.69) is 15.1 Å². The molecule has 7 nitrogen and oxygen atoms in total. The van der Waals surface area contributed by atoms with Gasteiger partial charge in [0.25, 0.3) is 0 Å². The van der Waals surface area contributed by atoms with Crippen LogP contribution in [0.1, 0.15) is 12.8 Å². The molecule has 4 rings (SSSR count). The molecule has 0 bridgehead atoms. The number of halogens is 1. The summed E-state index contributed by atoms with van der Waals surface area (Å²) in [5.74, 6) is 0.184.